The summed E-state index contributed by atoms with van der Waals surface area (Å²) in [4.78, 5) is 11.9. The van der Waals surface area contributed by atoms with Gasteiger partial charge in [0.25, 0.3) is 0 Å². The lowest BCUT2D eigenvalue weighted by Crippen LogP contribution is -1.97. The molecule has 0 atom stereocenters. The highest BCUT2D eigenvalue weighted by Gasteiger charge is 2.03. The van der Waals surface area contributed by atoms with E-state index in [9.17, 15) is 4.79 Å². The van der Waals surface area contributed by atoms with Crippen LogP contribution in [0.3, 0.4) is 0 Å². The highest BCUT2D eigenvalue weighted by molar-refractivity contribution is 7.80. The van der Waals surface area contributed by atoms with Crippen LogP contribution in [0.2, 0.25) is 0 Å². The second kappa shape index (κ2) is 2.92. The van der Waals surface area contributed by atoms with Crippen molar-refractivity contribution in [1.29, 1.82) is 0 Å². The zero-order valence-electron chi connectivity index (χ0n) is 7.07. The molecular weight excluding hydrogens is 184 g/mol. The second-order valence-electron chi connectivity index (χ2n) is 2.90. The van der Waals surface area contributed by atoms with E-state index < -0.39 is 0 Å². The fraction of sp³-hybridized carbons (Fsp3) is 0.100. The van der Waals surface area contributed by atoms with Crippen LogP contribution in [0.4, 0.5) is 0 Å². The molecule has 0 aliphatic rings. The van der Waals surface area contributed by atoms with Crippen LogP contribution in [0.1, 0.15) is 5.56 Å². The number of hydrogen-bond acceptors (Lipinski definition) is 3. The van der Waals surface area contributed by atoms with Gasteiger partial charge in [-0.2, -0.15) is 0 Å². The molecule has 13 heavy (non-hydrogen) atoms. The normalized spacial score (nSPS) is 10.6. The quantitative estimate of drug-likeness (QED) is 0.513. The molecule has 0 N–H and O–H groups in total. The number of thiol groups is 1. The van der Waals surface area contributed by atoms with E-state index in [-0.39, 0.29) is 5.63 Å². The number of hydrogen-bond donors (Lipinski definition) is 1. The molecule has 2 nitrogen and oxygen atoms in total. The summed E-state index contributed by atoms with van der Waals surface area (Å²) in [6.07, 6.45) is 0. The van der Waals surface area contributed by atoms with E-state index in [0.29, 0.717) is 5.58 Å². The van der Waals surface area contributed by atoms with Crippen molar-refractivity contribution in [2.45, 2.75) is 11.8 Å². The molecule has 0 amide bonds. The van der Waals surface area contributed by atoms with E-state index >= 15 is 0 Å². The molecule has 3 heteroatoms. The first-order valence-electron chi connectivity index (χ1n) is 3.91. The summed E-state index contributed by atoms with van der Waals surface area (Å²) in [5, 5.41) is 0.908. The maximum Gasteiger partial charge on any atom is 0.336 e. The van der Waals surface area contributed by atoms with Crippen LogP contribution in [0.25, 0.3) is 11.0 Å². The molecule has 66 valence electrons. The number of benzene rings is 1. The van der Waals surface area contributed by atoms with Gasteiger partial charge in [0.2, 0.25) is 0 Å². The van der Waals surface area contributed by atoms with E-state index in [1.807, 2.05) is 19.1 Å². The predicted octanol–water partition coefficient (Wildman–Crippen LogP) is 2.39. The van der Waals surface area contributed by atoms with Gasteiger partial charge in [0.1, 0.15) is 5.58 Å². The van der Waals surface area contributed by atoms with Gasteiger partial charge in [-0.1, -0.05) is 6.07 Å². The topological polar surface area (TPSA) is 30.2 Å². The zero-order chi connectivity index (χ0) is 9.42. The number of aryl methyl sites for hydroxylation is 1. The van der Waals surface area contributed by atoms with Crippen molar-refractivity contribution in [3.63, 3.8) is 0 Å². The highest BCUT2D eigenvalue weighted by Crippen LogP contribution is 2.23. The molecule has 0 spiro atoms. The highest BCUT2D eigenvalue weighted by atomic mass is 32.1. The first kappa shape index (κ1) is 8.38. The minimum atomic E-state index is -0.316. The minimum Gasteiger partial charge on any atom is -0.423 e. The molecule has 0 aliphatic heterocycles. The molecule has 2 rings (SSSR count). The number of rotatable bonds is 0. The van der Waals surface area contributed by atoms with Gasteiger partial charge >= 0.3 is 5.63 Å². The van der Waals surface area contributed by atoms with Gasteiger partial charge in [0.05, 0.1) is 0 Å². The lowest BCUT2D eigenvalue weighted by molar-refractivity contribution is 0.559. The standard InChI is InChI=1S/C10H8O2S/c1-6-5-9(11)12-7-3-2-4-8(13)10(6)7/h2-5,13H,1H3. The van der Waals surface area contributed by atoms with Crippen LogP contribution in [0.15, 0.2) is 38.4 Å². The summed E-state index contributed by atoms with van der Waals surface area (Å²) in [6, 6.07) is 6.93. The van der Waals surface area contributed by atoms with Crippen molar-refractivity contribution in [2.24, 2.45) is 0 Å². The van der Waals surface area contributed by atoms with Gasteiger partial charge in [0.15, 0.2) is 0 Å². The van der Waals surface area contributed by atoms with Crippen LogP contribution in [-0.2, 0) is 0 Å². The lowest BCUT2D eigenvalue weighted by Gasteiger charge is -2.01. The van der Waals surface area contributed by atoms with E-state index in [4.69, 9.17) is 4.42 Å². The van der Waals surface area contributed by atoms with E-state index in [1.165, 1.54) is 6.07 Å². The Kier molecular flexibility index (Phi) is 1.88. The molecule has 0 radical (unpaired) electrons. The maximum atomic E-state index is 11.0. The molecule has 1 heterocycles. The van der Waals surface area contributed by atoms with Gasteiger partial charge < -0.3 is 4.42 Å². The van der Waals surface area contributed by atoms with Crippen molar-refractivity contribution in [3.8, 4) is 0 Å². The molecule has 1 aromatic carbocycles. The molecule has 1 aromatic heterocycles. The second-order valence-corrected chi connectivity index (χ2v) is 3.38. The monoisotopic (exact) mass is 192 g/mol. The Hall–Kier alpha value is -1.22. The van der Waals surface area contributed by atoms with E-state index in [0.717, 1.165) is 15.8 Å². The first-order valence-corrected chi connectivity index (χ1v) is 4.35. The van der Waals surface area contributed by atoms with Gasteiger partial charge in [-0.05, 0) is 24.6 Å². The third-order valence-electron chi connectivity index (χ3n) is 1.94. The smallest absolute Gasteiger partial charge is 0.336 e. The molecule has 0 unspecified atom stereocenters. The SMILES string of the molecule is Cc1cc(=O)oc2cccc(S)c12. The third kappa shape index (κ3) is 1.35. The van der Waals surface area contributed by atoms with Gasteiger partial charge in [-0.25, -0.2) is 4.79 Å². The molecule has 0 aliphatic carbocycles. The molecule has 0 saturated heterocycles. The molecule has 0 saturated carbocycles. The molecule has 0 bridgehead atoms. The van der Waals surface area contributed by atoms with E-state index in [1.54, 1.807) is 6.07 Å². The Labute approximate surface area is 80.6 Å². The van der Waals surface area contributed by atoms with Gasteiger partial charge in [-0.3, -0.25) is 0 Å². The van der Waals surface area contributed by atoms with Crippen LogP contribution >= 0.6 is 12.6 Å². The fourth-order valence-corrected chi connectivity index (χ4v) is 1.76. The average Bonchev–Trinajstić information content (AvgIpc) is 2.02. The summed E-state index contributed by atoms with van der Waals surface area (Å²) in [5.41, 5.74) is 1.18. The summed E-state index contributed by atoms with van der Waals surface area (Å²) in [5.74, 6) is 0. The Bertz CT molecular complexity index is 514. The Morgan fingerprint density at radius 1 is 1.38 bits per heavy atom. The van der Waals surface area contributed by atoms with Crippen molar-refractivity contribution in [2.75, 3.05) is 0 Å². The van der Waals surface area contributed by atoms with Crippen molar-refractivity contribution < 1.29 is 4.42 Å². The summed E-state index contributed by atoms with van der Waals surface area (Å²) in [7, 11) is 0. The Balaban J connectivity index is 3.03. The van der Waals surface area contributed by atoms with E-state index in [2.05, 4.69) is 12.6 Å². The van der Waals surface area contributed by atoms with Gasteiger partial charge in [0, 0.05) is 16.3 Å². The number of fused-ring (bicyclic) bond motifs is 1. The van der Waals surface area contributed by atoms with Crippen LogP contribution in [0.5, 0.6) is 0 Å². The maximum absolute atomic E-state index is 11.0. The third-order valence-corrected chi connectivity index (χ3v) is 2.32. The average molecular weight is 192 g/mol. The van der Waals surface area contributed by atoms with Crippen molar-refractivity contribution >= 4 is 23.6 Å². The zero-order valence-corrected chi connectivity index (χ0v) is 7.97. The summed E-state index contributed by atoms with van der Waals surface area (Å²) >= 11 is 4.29. The molecular formula is C10H8O2S. The Morgan fingerprint density at radius 2 is 2.15 bits per heavy atom. The van der Waals surface area contributed by atoms with Crippen molar-refractivity contribution in [1.82, 2.24) is 0 Å². The van der Waals surface area contributed by atoms with Crippen molar-refractivity contribution in [3.05, 3.63) is 40.2 Å². The van der Waals surface area contributed by atoms with Crippen LogP contribution < -0.4 is 5.63 Å². The molecule has 2 aromatic rings. The van der Waals surface area contributed by atoms with Crippen LogP contribution in [0, 0.1) is 6.92 Å². The van der Waals surface area contributed by atoms with Crippen LogP contribution in [-0.4, -0.2) is 0 Å². The minimum absolute atomic E-state index is 0.316. The molecule has 0 fully saturated rings. The van der Waals surface area contributed by atoms with Gasteiger partial charge in [-0.15, -0.1) is 12.6 Å². The fourth-order valence-electron chi connectivity index (χ4n) is 1.39. The largest absolute Gasteiger partial charge is 0.423 e. The lowest BCUT2D eigenvalue weighted by atomic mass is 10.1. The summed E-state index contributed by atoms with van der Waals surface area (Å²) < 4.78 is 5.02. The first-order chi connectivity index (χ1) is 6.18. The summed E-state index contributed by atoms with van der Waals surface area (Å²) in [6.45, 7) is 1.87. The predicted molar refractivity (Wildman–Crippen MR) is 54.5 cm³/mol. The Morgan fingerprint density at radius 3 is 2.92 bits per heavy atom.